The number of hydrogen-bond acceptors (Lipinski definition) is 3. The summed E-state index contributed by atoms with van der Waals surface area (Å²) in [6, 6.07) is 0. The van der Waals surface area contributed by atoms with Crippen molar-refractivity contribution < 1.29 is 9.59 Å². The maximum atomic E-state index is 12.3. The zero-order chi connectivity index (χ0) is 17.0. The number of piperidine rings is 2. The van der Waals surface area contributed by atoms with E-state index in [9.17, 15) is 9.59 Å². The van der Waals surface area contributed by atoms with Gasteiger partial charge in [0.05, 0.1) is 6.54 Å². The lowest BCUT2D eigenvalue weighted by atomic mass is 9.79. The first-order valence-electron chi connectivity index (χ1n) is 9.12. The number of nitrogens with one attached hydrogen (secondary N) is 2. The number of hydrogen-bond donors (Lipinski definition) is 2. The minimum absolute atomic E-state index is 0.0316. The molecule has 1 unspecified atom stereocenters. The molecule has 0 aliphatic carbocycles. The summed E-state index contributed by atoms with van der Waals surface area (Å²) in [5, 5.41) is 6.20. The minimum Gasteiger partial charge on any atom is -0.355 e. The second kappa shape index (κ2) is 7.40. The van der Waals surface area contributed by atoms with Crippen LogP contribution in [0.4, 0.5) is 0 Å². The Hall–Kier alpha value is -1.79. The Morgan fingerprint density at radius 3 is 2.62 bits per heavy atom. The molecule has 0 aromatic rings. The van der Waals surface area contributed by atoms with Crippen molar-refractivity contribution in [2.24, 2.45) is 10.4 Å². The highest BCUT2D eigenvalue weighted by Crippen LogP contribution is 2.35. The van der Waals surface area contributed by atoms with E-state index < -0.39 is 0 Å². The highest BCUT2D eigenvalue weighted by molar-refractivity contribution is 5.87. The van der Waals surface area contributed by atoms with Gasteiger partial charge in [0.25, 0.3) is 0 Å². The third-order valence-electron chi connectivity index (χ3n) is 5.48. The average molecular weight is 335 g/mol. The monoisotopic (exact) mass is 335 g/mol. The fourth-order valence-corrected chi connectivity index (χ4v) is 4.17. The number of carbonyl (C=O) groups excluding carboxylic acids is 2. The van der Waals surface area contributed by atoms with Gasteiger partial charge in [0.2, 0.25) is 11.8 Å². The highest BCUT2D eigenvalue weighted by atomic mass is 16.2. The van der Waals surface area contributed by atoms with E-state index in [1.165, 1.54) is 6.42 Å². The molecule has 0 aromatic heterocycles. The Labute approximate surface area is 143 Å². The second-order valence-electron chi connectivity index (χ2n) is 7.32. The number of rotatable bonds is 2. The van der Waals surface area contributed by atoms with Crippen molar-refractivity contribution in [3.8, 4) is 0 Å². The molecule has 3 aliphatic heterocycles. The van der Waals surface area contributed by atoms with E-state index in [4.69, 9.17) is 0 Å². The molecule has 2 amide bonds. The molecule has 134 valence electrons. The van der Waals surface area contributed by atoms with E-state index in [0.717, 1.165) is 64.4 Å². The fourth-order valence-electron chi connectivity index (χ4n) is 4.17. The Kier molecular flexibility index (Phi) is 5.26. The van der Waals surface area contributed by atoms with Crippen molar-refractivity contribution in [3.63, 3.8) is 0 Å². The summed E-state index contributed by atoms with van der Waals surface area (Å²) in [5.74, 6) is 1.08. The van der Waals surface area contributed by atoms with Crippen LogP contribution in [0, 0.1) is 5.41 Å². The van der Waals surface area contributed by atoms with E-state index in [0.29, 0.717) is 13.0 Å². The third-order valence-corrected chi connectivity index (χ3v) is 5.48. The summed E-state index contributed by atoms with van der Waals surface area (Å²) >= 11 is 0. The Morgan fingerprint density at radius 2 is 1.96 bits per heavy atom. The number of likely N-dealkylation sites (tertiary alicyclic amines) is 2. The van der Waals surface area contributed by atoms with Crippen LogP contribution >= 0.6 is 0 Å². The fraction of sp³-hybridized carbons (Fsp3) is 0.824. The van der Waals surface area contributed by atoms with Gasteiger partial charge in [0.15, 0.2) is 5.96 Å². The molecule has 0 bridgehead atoms. The van der Waals surface area contributed by atoms with Crippen LogP contribution in [0.1, 0.15) is 38.5 Å². The van der Waals surface area contributed by atoms with Gasteiger partial charge in [-0.05, 0) is 32.1 Å². The Morgan fingerprint density at radius 1 is 1.21 bits per heavy atom. The first kappa shape index (κ1) is 17.0. The summed E-state index contributed by atoms with van der Waals surface area (Å²) in [6.07, 6.45) is 6.17. The number of aliphatic imine (C=N–C) groups is 1. The van der Waals surface area contributed by atoms with E-state index in [-0.39, 0.29) is 17.2 Å². The standard InChI is InChI=1S/C17H29N5O2/c1-18-16(19-11-15(24)21-7-3-2-4-8-21)22-9-5-6-17(13-22)10-14(23)20-12-17/h2-13H2,1H3,(H,18,19)(H,20,23). The van der Waals surface area contributed by atoms with Gasteiger partial charge in [-0.2, -0.15) is 0 Å². The molecule has 3 aliphatic rings. The van der Waals surface area contributed by atoms with Crippen molar-refractivity contribution in [2.75, 3.05) is 46.3 Å². The van der Waals surface area contributed by atoms with Crippen molar-refractivity contribution in [3.05, 3.63) is 0 Å². The molecule has 1 atom stereocenters. The van der Waals surface area contributed by atoms with Crippen LogP contribution in [0.5, 0.6) is 0 Å². The average Bonchev–Trinajstić information content (AvgIpc) is 2.96. The number of carbonyl (C=O) groups is 2. The van der Waals surface area contributed by atoms with Crippen LogP contribution in [-0.2, 0) is 9.59 Å². The lowest BCUT2D eigenvalue weighted by Gasteiger charge is -2.40. The predicted octanol–water partition coefficient (Wildman–Crippen LogP) is 0.176. The van der Waals surface area contributed by atoms with Crippen LogP contribution in [-0.4, -0.2) is 73.9 Å². The molecular weight excluding hydrogens is 306 g/mol. The van der Waals surface area contributed by atoms with Crippen molar-refractivity contribution in [1.29, 1.82) is 0 Å². The normalized spacial score (nSPS) is 28.2. The molecule has 3 fully saturated rings. The SMILES string of the molecule is CN=C(NCC(=O)N1CCCCC1)N1CCCC2(CNC(=O)C2)C1. The van der Waals surface area contributed by atoms with E-state index >= 15 is 0 Å². The maximum absolute atomic E-state index is 12.3. The molecule has 0 aromatic carbocycles. The lowest BCUT2D eigenvalue weighted by Crippen LogP contribution is -2.53. The first-order valence-corrected chi connectivity index (χ1v) is 9.12. The summed E-state index contributed by atoms with van der Waals surface area (Å²) in [5.41, 5.74) is 0.0316. The smallest absolute Gasteiger partial charge is 0.241 e. The quantitative estimate of drug-likeness (QED) is 0.557. The summed E-state index contributed by atoms with van der Waals surface area (Å²) < 4.78 is 0. The molecular formula is C17H29N5O2. The van der Waals surface area contributed by atoms with Crippen LogP contribution in [0.2, 0.25) is 0 Å². The molecule has 3 rings (SSSR count). The molecule has 2 N–H and O–H groups in total. The topological polar surface area (TPSA) is 77.0 Å². The van der Waals surface area contributed by atoms with Gasteiger partial charge in [0, 0.05) is 51.6 Å². The largest absolute Gasteiger partial charge is 0.355 e. The molecule has 1 spiro atoms. The first-order chi connectivity index (χ1) is 11.6. The van der Waals surface area contributed by atoms with Gasteiger partial charge in [0.1, 0.15) is 0 Å². The van der Waals surface area contributed by atoms with Crippen LogP contribution < -0.4 is 10.6 Å². The predicted molar refractivity (Wildman–Crippen MR) is 92.7 cm³/mol. The van der Waals surface area contributed by atoms with Crippen LogP contribution in [0.15, 0.2) is 4.99 Å². The molecule has 7 heteroatoms. The molecule has 0 radical (unpaired) electrons. The zero-order valence-corrected chi connectivity index (χ0v) is 14.6. The third kappa shape index (κ3) is 3.82. The summed E-state index contributed by atoms with van der Waals surface area (Å²) in [7, 11) is 1.76. The van der Waals surface area contributed by atoms with Crippen LogP contribution in [0.3, 0.4) is 0 Å². The van der Waals surface area contributed by atoms with Gasteiger partial charge < -0.3 is 20.4 Å². The van der Waals surface area contributed by atoms with Crippen molar-refractivity contribution in [1.82, 2.24) is 20.4 Å². The maximum Gasteiger partial charge on any atom is 0.241 e. The van der Waals surface area contributed by atoms with E-state index in [2.05, 4.69) is 20.5 Å². The van der Waals surface area contributed by atoms with E-state index in [1.807, 2.05) is 4.90 Å². The number of guanidine groups is 1. The van der Waals surface area contributed by atoms with Crippen molar-refractivity contribution >= 4 is 17.8 Å². The molecule has 3 heterocycles. The Bertz CT molecular complexity index is 515. The summed E-state index contributed by atoms with van der Waals surface area (Å²) in [4.78, 5) is 32.5. The number of amides is 2. The summed E-state index contributed by atoms with van der Waals surface area (Å²) in [6.45, 7) is 4.55. The molecule has 0 saturated carbocycles. The molecule has 24 heavy (non-hydrogen) atoms. The van der Waals surface area contributed by atoms with Gasteiger partial charge in [-0.15, -0.1) is 0 Å². The van der Waals surface area contributed by atoms with Gasteiger partial charge >= 0.3 is 0 Å². The second-order valence-corrected chi connectivity index (χ2v) is 7.32. The Balaban J connectivity index is 1.54. The highest BCUT2D eigenvalue weighted by Gasteiger charge is 2.42. The van der Waals surface area contributed by atoms with E-state index in [1.54, 1.807) is 7.05 Å². The lowest BCUT2D eigenvalue weighted by molar-refractivity contribution is -0.130. The zero-order valence-electron chi connectivity index (χ0n) is 14.6. The van der Waals surface area contributed by atoms with Gasteiger partial charge in [-0.3, -0.25) is 14.6 Å². The molecule has 3 saturated heterocycles. The van der Waals surface area contributed by atoms with Crippen molar-refractivity contribution in [2.45, 2.75) is 38.5 Å². The molecule has 7 nitrogen and oxygen atoms in total. The van der Waals surface area contributed by atoms with Gasteiger partial charge in [-0.25, -0.2) is 0 Å². The van der Waals surface area contributed by atoms with Gasteiger partial charge in [-0.1, -0.05) is 0 Å². The van der Waals surface area contributed by atoms with Crippen LogP contribution in [0.25, 0.3) is 0 Å². The number of nitrogens with zero attached hydrogens (tertiary/aromatic N) is 3. The minimum atomic E-state index is 0.0316.